The van der Waals surface area contributed by atoms with E-state index >= 15 is 0 Å². The smallest absolute Gasteiger partial charge is 0.211 e. The van der Waals surface area contributed by atoms with Crippen LogP contribution in [0.2, 0.25) is 0 Å². The molecule has 1 aliphatic rings. The van der Waals surface area contributed by atoms with Gasteiger partial charge in [0.2, 0.25) is 5.78 Å². The molecule has 1 unspecified atom stereocenters. The molecule has 3 rings (SSSR count). The van der Waals surface area contributed by atoms with Crippen molar-refractivity contribution in [1.29, 1.82) is 5.26 Å². The van der Waals surface area contributed by atoms with Crippen molar-refractivity contribution in [3.05, 3.63) is 71.6 Å². The first-order chi connectivity index (χ1) is 13.1. The number of ketones is 1. The molecular formula is C21H18N2O4. The Hall–Kier alpha value is -3.27. The molecule has 1 aromatic carbocycles. The van der Waals surface area contributed by atoms with Crippen LogP contribution in [0.25, 0.3) is 11.3 Å². The molecule has 1 aliphatic carbocycles. The van der Waals surface area contributed by atoms with Crippen LogP contribution in [-0.4, -0.2) is 33.7 Å². The number of pyridine rings is 1. The normalized spacial score (nSPS) is 14.6. The number of hydrogen-bond donors (Lipinski definition) is 2. The summed E-state index contributed by atoms with van der Waals surface area (Å²) in [4.78, 5) is 16.2. The van der Waals surface area contributed by atoms with Crippen LogP contribution in [0.4, 0.5) is 0 Å². The molecule has 0 amide bonds. The lowest BCUT2D eigenvalue weighted by molar-refractivity contribution is 0.0582. The van der Waals surface area contributed by atoms with E-state index in [1.807, 2.05) is 12.1 Å². The number of aliphatic hydroxyl groups excluding tert-OH is 2. The van der Waals surface area contributed by atoms with Crippen LogP contribution in [-0.2, 0) is 0 Å². The number of carbonyl (C=O) groups excluding carboxylic acids is 1. The van der Waals surface area contributed by atoms with Crippen LogP contribution < -0.4 is 4.74 Å². The molecule has 27 heavy (non-hydrogen) atoms. The first-order valence-electron chi connectivity index (χ1n) is 8.49. The topological polar surface area (TPSA) is 103 Å². The van der Waals surface area contributed by atoms with Crippen LogP contribution >= 0.6 is 0 Å². The summed E-state index contributed by atoms with van der Waals surface area (Å²) < 4.78 is 5.82. The van der Waals surface area contributed by atoms with Crippen molar-refractivity contribution >= 4 is 5.78 Å². The van der Waals surface area contributed by atoms with Crippen molar-refractivity contribution in [3.8, 4) is 23.1 Å². The van der Waals surface area contributed by atoms with Gasteiger partial charge in [-0.15, -0.1) is 0 Å². The third-order valence-corrected chi connectivity index (χ3v) is 4.13. The van der Waals surface area contributed by atoms with Gasteiger partial charge in [0, 0.05) is 17.6 Å². The van der Waals surface area contributed by atoms with E-state index in [-0.39, 0.29) is 5.69 Å². The van der Waals surface area contributed by atoms with Gasteiger partial charge in [-0.25, -0.2) is 4.98 Å². The average Bonchev–Trinajstić information content (AvgIpc) is 2.74. The molecular weight excluding hydrogens is 344 g/mol. The maximum atomic E-state index is 12.0. The summed E-state index contributed by atoms with van der Waals surface area (Å²) in [6.07, 6.45) is 3.45. The molecule has 1 atom stereocenters. The number of allylic oxidation sites excluding steroid dienone is 4. The molecule has 136 valence electrons. The van der Waals surface area contributed by atoms with Gasteiger partial charge in [0.05, 0.1) is 18.4 Å². The molecule has 6 nitrogen and oxygen atoms in total. The Bertz CT molecular complexity index is 939. The Balaban J connectivity index is 1.74. The van der Waals surface area contributed by atoms with Crippen molar-refractivity contribution in [2.75, 3.05) is 6.61 Å². The summed E-state index contributed by atoms with van der Waals surface area (Å²) in [7, 11) is 0. The number of nitriles is 1. The molecule has 0 spiro atoms. The minimum absolute atomic E-state index is 0.0989. The molecule has 0 aliphatic heterocycles. The molecule has 0 fully saturated rings. The van der Waals surface area contributed by atoms with Gasteiger partial charge < -0.3 is 14.9 Å². The van der Waals surface area contributed by atoms with Crippen molar-refractivity contribution in [2.24, 2.45) is 0 Å². The van der Waals surface area contributed by atoms with Crippen LogP contribution in [0.15, 0.2) is 65.9 Å². The van der Waals surface area contributed by atoms with Crippen LogP contribution in [0.1, 0.15) is 23.3 Å². The summed E-state index contributed by atoms with van der Waals surface area (Å²) in [5, 5.41) is 27.3. The summed E-state index contributed by atoms with van der Waals surface area (Å²) in [6, 6.07) is 14.3. The van der Waals surface area contributed by atoms with Crippen molar-refractivity contribution < 1.29 is 19.7 Å². The Morgan fingerprint density at radius 3 is 2.59 bits per heavy atom. The Kier molecular flexibility index (Phi) is 5.77. The second-order valence-corrected chi connectivity index (χ2v) is 6.03. The van der Waals surface area contributed by atoms with E-state index in [0.29, 0.717) is 24.3 Å². The monoisotopic (exact) mass is 362 g/mol. The van der Waals surface area contributed by atoms with Crippen LogP contribution in [0, 0.1) is 11.3 Å². The van der Waals surface area contributed by atoms with Crippen molar-refractivity contribution in [3.63, 3.8) is 0 Å². The van der Waals surface area contributed by atoms with Gasteiger partial charge in [-0.3, -0.25) is 4.79 Å². The van der Waals surface area contributed by atoms with Crippen molar-refractivity contribution in [1.82, 2.24) is 4.98 Å². The Morgan fingerprint density at radius 1 is 1.19 bits per heavy atom. The lowest BCUT2D eigenvalue weighted by atomic mass is 10.1. The highest BCUT2D eigenvalue weighted by atomic mass is 16.5. The Labute approximate surface area is 156 Å². The summed E-state index contributed by atoms with van der Waals surface area (Å²) in [5.41, 5.74) is 2.21. The molecule has 0 saturated heterocycles. The molecule has 1 aromatic heterocycles. The molecule has 6 heteroatoms. The van der Waals surface area contributed by atoms with Gasteiger partial charge in [0.25, 0.3) is 0 Å². The van der Waals surface area contributed by atoms with Crippen LogP contribution in [0.5, 0.6) is 5.75 Å². The van der Waals surface area contributed by atoms with Gasteiger partial charge in [0.15, 0.2) is 0 Å². The molecule has 2 N–H and O–H groups in total. The summed E-state index contributed by atoms with van der Waals surface area (Å²) >= 11 is 0. The van der Waals surface area contributed by atoms with E-state index in [4.69, 9.17) is 15.1 Å². The number of hydrogen-bond acceptors (Lipinski definition) is 6. The van der Waals surface area contributed by atoms with Gasteiger partial charge >= 0.3 is 0 Å². The quantitative estimate of drug-likeness (QED) is 0.766. The van der Waals surface area contributed by atoms with Gasteiger partial charge in [0.1, 0.15) is 23.3 Å². The number of nitrogens with zero attached hydrogens (tertiary/aromatic N) is 2. The third kappa shape index (κ3) is 4.47. The maximum absolute atomic E-state index is 12.0. The highest BCUT2D eigenvalue weighted by molar-refractivity contribution is 5.98. The van der Waals surface area contributed by atoms with E-state index in [1.165, 1.54) is 6.07 Å². The first-order valence-corrected chi connectivity index (χ1v) is 8.49. The molecule has 0 saturated carbocycles. The fourth-order valence-corrected chi connectivity index (χ4v) is 2.63. The number of ether oxygens (including phenoxy) is 1. The Morgan fingerprint density at radius 2 is 1.96 bits per heavy atom. The number of carbonyl (C=O) groups is 1. The zero-order chi connectivity index (χ0) is 19.2. The zero-order valence-corrected chi connectivity index (χ0v) is 14.5. The highest BCUT2D eigenvalue weighted by Gasteiger charge is 2.18. The zero-order valence-electron chi connectivity index (χ0n) is 14.5. The van der Waals surface area contributed by atoms with Gasteiger partial charge in [-0.2, -0.15) is 5.26 Å². The van der Waals surface area contributed by atoms with E-state index in [1.54, 1.807) is 36.4 Å². The van der Waals surface area contributed by atoms with Crippen LogP contribution in [0.3, 0.4) is 0 Å². The summed E-state index contributed by atoms with van der Waals surface area (Å²) in [5.74, 6) is 0.848. The number of benzene rings is 1. The second kappa shape index (κ2) is 8.41. The van der Waals surface area contributed by atoms with Gasteiger partial charge in [-0.05, 0) is 55.0 Å². The molecule has 0 radical (unpaired) electrons. The van der Waals surface area contributed by atoms with Crippen molar-refractivity contribution in [2.45, 2.75) is 18.9 Å². The minimum atomic E-state index is -1.47. The highest BCUT2D eigenvalue weighted by Crippen LogP contribution is 2.25. The average molecular weight is 362 g/mol. The molecule has 2 aromatic rings. The fourth-order valence-electron chi connectivity index (χ4n) is 2.63. The number of rotatable bonds is 6. The second-order valence-electron chi connectivity index (χ2n) is 6.03. The maximum Gasteiger partial charge on any atom is 0.211 e. The van der Waals surface area contributed by atoms with E-state index in [0.717, 1.165) is 16.9 Å². The predicted molar refractivity (Wildman–Crippen MR) is 98.7 cm³/mol. The number of aliphatic hydroxyl groups is 2. The first kappa shape index (κ1) is 18.5. The van der Waals surface area contributed by atoms with E-state index < -0.39 is 18.5 Å². The number of Topliss-reactive ketones (excluding diaryl/α,β-unsaturated/α-hetero) is 1. The SMILES string of the molecule is N#CC1=CC=C(Oc2ccc(-c3cccc(C(=O)C(O)CO)n3)cc2)CC1. The van der Waals surface area contributed by atoms with E-state index in [9.17, 15) is 9.90 Å². The standard InChI is InChI=1S/C21H18N2O4/c22-12-14-4-8-16(9-5-14)27-17-10-6-15(7-11-17)18-2-1-3-19(23-18)21(26)20(25)13-24/h1-4,6-8,10-11,20,24-25H,5,9,13H2. The third-order valence-electron chi connectivity index (χ3n) is 4.13. The molecule has 1 heterocycles. The minimum Gasteiger partial charge on any atom is -0.462 e. The predicted octanol–water partition coefficient (Wildman–Crippen LogP) is 2.79. The lowest BCUT2D eigenvalue weighted by Gasteiger charge is -2.13. The van der Waals surface area contributed by atoms with Gasteiger partial charge in [-0.1, -0.05) is 6.07 Å². The molecule has 0 bridgehead atoms. The summed E-state index contributed by atoms with van der Waals surface area (Å²) in [6.45, 7) is -0.641. The largest absolute Gasteiger partial charge is 0.462 e. The number of aromatic nitrogens is 1. The van der Waals surface area contributed by atoms with E-state index in [2.05, 4.69) is 11.1 Å². The lowest BCUT2D eigenvalue weighted by Crippen LogP contribution is -2.25. The fraction of sp³-hybridized carbons (Fsp3) is 0.190.